The minimum absolute atomic E-state index is 0.152. The molecular weight excluding hydrogens is 309 g/mol. The van der Waals surface area contributed by atoms with Crippen molar-refractivity contribution in [3.63, 3.8) is 0 Å². The monoisotopic (exact) mass is 319 g/mol. The first-order valence-electron chi connectivity index (χ1n) is 6.11. The van der Waals surface area contributed by atoms with Gasteiger partial charge in [0.15, 0.2) is 5.78 Å². The molecule has 1 atom stereocenters. The van der Waals surface area contributed by atoms with Crippen LogP contribution in [0.15, 0.2) is 42.5 Å². The molecule has 21 heavy (non-hydrogen) atoms. The van der Waals surface area contributed by atoms with E-state index in [4.69, 9.17) is 27.9 Å². The van der Waals surface area contributed by atoms with Crippen molar-refractivity contribution in [1.29, 1.82) is 5.26 Å². The molecule has 106 valence electrons. The van der Waals surface area contributed by atoms with Crippen LogP contribution in [0, 0.1) is 11.3 Å². The van der Waals surface area contributed by atoms with Crippen LogP contribution >= 0.6 is 23.2 Å². The third kappa shape index (κ3) is 3.02. The first-order valence-corrected chi connectivity index (χ1v) is 6.86. The number of nitriles is 1. The molecule has 0 bridgehead atoms. The lowest BCUT2D eigenvalue weighted by molar-refractivity contribution is 0.0978. The Morgan fingerprint density at radius 2 is 1.90 bits per heavy atom. The van der Waals surface area contributed by atoms with Crippen LogP contribution in [-0.4, -0.2) is 12.9 Å². The second-order valence-electron chi connectivity index (χ2n) is 4.27. The van der Waals surface area contributed by atoms with E-state index in [1.807, 2.05) is 6.07 Å². The lowest BCUT2D eigenvalue weighted by atomic mass is 9.91. The predicted octanol–water partition coefficient (Wildman–Crippen LogP) is 4.49. The van der Waals surface area contributed by atoms with Gasteiger partial charge in [-0.05, 0) is 18.2 Å². The van der Waals surface area contributed by atoms with E-state index >= 15 is 0 Å². The van der Waals surface area contributed by atoms with Gasteiger partial charge < -0.3 is 4.74 Å². The summed E-state index contributed by atoms with van der Waals surface area (Å²) >= 11 is 12.0. The van der Waals surface area contributed by atoms with Crippen molar-refractivity contribution in [2.24, 2.45) is 0 Å². The Morgan fingerprint density at radius 1 is 1.19 bits per heavy atom. The van der Waals surface area contributed by atoms with Crippen molar-refractivity contribution in [2.75, 3.05) is 7.11 Å². The van der Waals surface area contributed by atoms with Gasteiger partial charge in [-0.15, -0.1) is 0 Å². The van der Waals surface area contributed by atoms with Gasteiger partial charge in [0.2, 0.25) is 0 Å². The SMILES string of the molecule is COc1ccccc1C(C#N)C(=O)c1cccc(Cl)c1Cl. The average Bonchev–Trinajstić information content (AvgIpc) is 2.51. The Bertz CT molecular complexity index is 722. The zero-order valence-electron chi connectivity index (χ0n) is 11.1. The first-order chi connectivity index (χ1) is 10.1. The van der Waals surface area contributed by atoms with Gasteiger partial charge in [-0.1, -0.05) is 47.5 Å². The standard InChI is InChI=1S/C16H11Cl2NO2/c1-21-14-8-3-2-5-10(14)12(9-19)16(20)11-6-4-7-13(17)15(11)18/h2-8,12H,1H3. The Balaban J connectivity index is 2.49. The minimum atomic E-state index is -1.00. The van der Waals surface area contributed by atoms with Gasteiger partial charge in [-0.3, -0.25) is 4.79 Å². The summed E-state index contributed by atoms with van der Waals surface area (Å²) in [5.41, 5.74) is 0.727. The zero-order chi connectivity index (χ0) is 15.4. The first kappa shape index (κ1) is 15.4. The fourth-order valence-corrected chi connectivity index (χ4v) is 2.42. The van der Waals surface area contributed by atoms with E-state index in [1.54, 1.807) is 42.5 Å². The second kappa shape index (κ2) is 6.62. The highest BCUT2D eigenvalue weighted by atomic mass is 35.5. The van der Waals surface area contributed by atoms with Gasteiger partial charge in [-0.25, -0.2) is 0 Å². The topological polar surface area (TPSA) is 50.1 Å². The van der Waals surface area contributed by atoms with Crippen LogP contribution in [0.3, 0.4) is 0 Å². The molecule has 0 aliphatic carbocycles. The molecule has 0 saturated heterocycles. The summed E-state index contributed by atoms with van der Waals surface area (Å²) in [6.45, 7) is 0. The number of carbonyl (C=O) groups is 1. The maximum Gasteiger partial charge on any atom is 0.186 e. The molecular formula is C16H11Cl2NO2. The highest BCUT2D eigenvalue weighted by Crippen LogP contribution is 2.33. The molecule has 5 heteroatoms. The normalized spacial score (nSPS) is 11.5. The molecule has 2 rings (SSSR count). The van der Waals surface area contributed by atoms with Gasteiger partial charge >= 0.3 is 0 Å². The molecule has 0 aromatic heterocycles. The fourth-order valence-electron chi connectivity index (χ4n) is 2.02. The summed E-state index contributed by atoms with van der Waals surface area (Å²) in [7, 11) is 1.49. The number of methoxy groups -OCH3 is 1. The van der Waals surface area contributed by atoms with Crippen LogP contribution < -0.4 is 4.74 Å². The number of hydrogen-bond acceptors (Lipinski definition) is 3. The lowest BCUT2D eigenvalue weighted by Crippen LogP contribution is -2.13. The molecule has 0 heterocycles. The number of carbonyl (C=O) groups excluding carboxylic acids is 1. The molecule has 0 N–H and O–H groups in total. The highest BCUT2D eigenvalue weighted by Gasteiger charge is 2.26. The molecule has 0 spiro atoms. The number of para-hydroxylation sites is 1. The van der Waals surface area contributed by atoms with Crippen molar-refractivity contribution in [3.8, 4) is 11.8 Å². The molecule has 3 nitrogen and oxygen atoms in total. The molecule has 0 aliphatic rings. The van der Waals surface area contributed by atoms with E-state index in [9.17, 15) is 10.1 Å². The average molecular weight is 320 g/mol. The van der Waals surface area contributed by atoms with Gasteiger partial charge in [0.05, 0.1) is 23.2 Å². The van der Waals surface area contributed by atoms with Crippen LogP contribution in [-0.2, 0) is 0 Å². The van der Waals surface area contributed by atoms with Crippen molar-refractivity contribution >= 4 is 29.0 Å². The maximum atomic E-state index is 12.6. The van der Waals surface area contributed by atoms with Crippen molar-refractivity contribution < 1.29 is 9.53 Å². The molecule has 1 unspecified atom stereocenters. The Labute approximate surface area is 132 Å². The maximum absolute atomic E-state index is 12.6. The van der Waals surface area contributed by atoms with Crippen LogP contribution in [0.4, 0.5) is 0 Å². The second-order valence-corrected chi connectivity index (χ2v) is 5.05. The lowest BCUT2D eigenvalue weighted by Gasteiger charge is -2.13. The van der Waals surface area contributed by atoms with Crippen molar-refractivity contribution in [1.82, 2.24) is 0 Å². The third-order valence-electron chi connectivity index (χ3n) is 3.06. The Morgan fingerprint density at radius 3 is 2.57 bits per heavy atom. The molecule has 0 fully saturated rings. The number of ketones is 1. The highest BCUT2D eigenvalue weighted by molar-refractivity contribution is 6.44. The van der Waals surface area contributed by atoms with Gasteiger partial charge in [0, 0.05) is 11.1 Å². The Hall–Kier alpha value is -2.02. The van der Waals surface area contributed by atoms with Crippen molar-refractivity contribution in [3.05, 3.63) is 63.6 Å². The number of halogens is 2. The number of ether oxygens (including phenoxy) is 1. The molecule has 0 aliphatic heterocycles. The van der Waals surface area contributed by atoms with E-state index in [0.717, 1.165) is 0 Å². The smallest absolute Gasteiger partial charge is 0.186 e. The molecule has 0 amide bonds. The summed E-state index contributed by atoms with van der Waals surface area (Å²) in [5, 5.41) is 9.82. The van der Waals surface area contributed by atoms with Crippen LogP contribution in [0.2, 0.25) is 10.0 Å². The quantitative estimate of drug-likeness (QED) is 0.780. The zero-order valence-corrected chi connectivity index (χ0v) is 12.7. The number of nitrogens with zero attached hydrogens (tertiary/aromatic N) is 1. The summed E-state index contributed by atoms with van der Waals surface area (Å²) < 4.78 is 5.21. The van der Waals surface area contributed by atoms with Crippen LogP contribution in [0.5, 0.6) is 5.75 Å². The molecule has 0 saturated carbocycles. The van der Waals surface area contributed by atoms with E-state index in [0.29, 0.717) is 11.3 Å². The van der Waals surface area contributed by atoms with Crippen LogP contribution in [0.25, 0.3) is 0 Å². The van der Waals surface area contributed by atoms with Crippen molar-refractivity contribution in [2.45, 2.75) is 5.92 Å². The van der Waals surface area contributed by atoms with Crippen LogP contribution in [0.1, 0.15) is 21.8 Å². The third-order valence-corrected chi connectivity index (χ3v) is 3.88. The van der Waals surface area contributed by atoms with E-state index in [1.165, 1.54) is 7.11 Å². The Kier molecular flexibility index (Phi) is 4.85. The van der Waals surface area contributed by atoms with Gasteiger partial charge in [0.1, 0.15) is 11.7 Å². The molecule has 0 radical (unpaired) electrons. The van der Waals surface area contributed by atoms with E-state index in [-0.39, 0.29) is 15.6 Å². The summed E-state index contributed by atoms with van der Waals surface area (Å²) in [6, 6.07) is 13.7. The summed E-state index contributed by atoms with van der Waals surface area (Å²) in [5.74, 6) is -0.929. The predicted molar refractivity (Wildman–Crippen MR) is 82.1 cm³/mol. The number of Topliss-reactive ketones (excluding diaryl/α,β-unsaturated/α-hetero) is 1. The number of hydrogen-bond donors (Lipinski definition) is 0. The number of benzene rings is 2. The minimum Gasteiger partial charge on any atom is -0.496 e. The fraction of sp³-hybridized carbons (Fsp3) is 0.125. The van der Waals surface area contributed by atoms with E-state index < -0.39 is 11.7 Å². The largest absolute Gasteiger partial charge is 0.496 e. The summed E-state index contributed by atoms with van der Waals surface area (Å²) in [4.78, 5) is 12.6. The van der Waals surface area contributed by atoms with Gasteiger partial charge in [0.25, 0.3) is 0 Å². The van der Waals surface area contributed by atoms with E-state index in [2.05, 4.69) is 0 Å². The molecule has 2 aromatic carbocycles. The number of rotatable bonds is 4. The summed E-state index contributed by atoms with van der Waals surface area (Å²) in [6.07, 6.45) is 0. The van der Waals surface area contributed by atoms with Gasteiger partial charge in [-0.2, -0.15) is 5.26 Å². The molecule has 2 aromatic rings.